The van der Waals surface area contributed by atoms with Crippen molar-refractivity contribution in [2.75, 3.05) is 17.7 Å². The fraction of sp³-hybridized carbons (Fsp3) is 0.0526. The van der Waals surface area contributed by atoms with Crippen LogP contribution < -0.4 is 10.6 Å². The Morgan fingerprint density at radius 3 is 2.54 bits per heavy atom. The van der Waals surface area contributed by atoms with Gasteiger partial charge in [0, 0.05) is 17.8 Å². The van der Waals surface area contributed by atoms with Crippen LogP contribution in [0.4, 0.5) is 26.0 Å². The summed E-state index contributed by atoms with van der Waals surface area (Å²) >= 11 is 0. The van der Waals surface area contributed by atoms with Crippen molar-refractivity contribution in [3.63, 3.8) is 0 Å². The second kappa shape index (κ2) is 8.21. The van der Waals surface area contributed by atoms with E-state index in [-0.39, 0.29) is 22.8 Å². The van der Waals surface area contributed by atoms with Gasteiger partial charge in [0.15, 0.2) is 11.6 Å². The molecule has 1 amide bonds. The second-order valence-corrected chi connectivity index (χ2v) is 5.53. The van der Waals surface area contributed by atoms with Crippen LogP contribution in [-0.4, -0.2) is 29.0 Å². The number of carbonyl (C=O) groups excluding carboxylic acids is 2. The first-order chi connectivity index (χ1) is 13.5. The molecular weight excluding hydrogens is 370 g/mol. The van der Waals surface area contributed by atoms with Gasteiger partial charge in [0.25, 0.3) is 5.91 Å². The molecule has 2 aromatic carbocycles. The van der Waals surface area contributed by atoms with Crippen LogP contribution in [0, 0.1) is 11.6 Å². The zero-order valence-corrected chi connectivity index (χ0v) is 14.6. The lowest BCUT2D eigenvalue weighted by Crippen LogP contribution is -2.15. The number of nitrogens with one attached hydrogen (secondary N) is 2. The lowest BCUT2D eigenvalue weighted by molar-refractivity contribution is 0.0601. The first-order valence-electron chi connectivity index (χ1n) is 8.00. The van der Waals surface area contributed by atoms with Crippen molar-refractivity contribution in [3.05, 3.63) is 77.8 Å². The van der Waals surface area contributed by atoms with Crippen LogP contribution in [0.3, 0.4) is 0 Å². The molecule has 2 N–H and O–H groups in total. The molecule has 1 aromatic heterocycles. The number of aromatic nitrogens is 2. The number of nitrogens with zero attached hydrogens (tertiary/aromatic N) is 2. The maximum absolute atomic E-state index is 13.3. The molecule has 142 valence electrons. The maximum Gasteiger partial charge on any atom is 0.339 e. The molecule has 0 aliphatic heterocycles. The van der Waals surface area contributed by atoms with Gasteiger partial charge in [-0.3, -0.25) is 4.79 Å². The molecule has 0 aliphatic rings. The van der Waals surface area contributed by atoms with Gasteiger partial charge < -0.3 is 15.4 Å². The average Bonchev–Trinajstić information content (AvgIpc) is 2.71. The fourth-order valence-corrected chi connectivity index (χ4v) is 2.34. The van der Waals surface area contributed by atoms with Gasteiger partial charge in [0.05, 0.1) is 18.4 Å². The number of hydrogen-bond donors (Lipinski definition) is 2. The summed E-state index contributed by atoms with van der Waals surface area (Å²) in [6.07, 6.45) is 1.16. The number of anilines is 3. The molecule has 0 atom stereocenters. The molecule has 0 unspecified atom stereocenters. The lowest BCUT2D eigenvalue weighted by atomic mass is 10.2. The predicted molar refractivity (Wildman–Crippen MR) is 97.4 cm³/mol. The minimum Gasteiger partial charge on any atom is -0.465 e. The minimum absolute atomic E-state index is 0.0159. The highest BCUT2D eigenvalue weighted by molar-refractivity contribution is 6.03. The molecule has 0 aliphatic carbocycles. The summed E-state index contributed by atoms with van der Waals surface area (Å²) in [7, 11) is 1.27. The van der Waals surface area contributed by atoms with E-state index in [9.17, 15) is 18.4 Å². The third kappa shape index (κ3) is 4.26. The molecule has 3 rings (SSSR count). The Morgan fingerprint density at radius 2 is 1.79 bits per heavy atom. The summed E-state index contributed by atoms with van der Waals surface area (Å²) in [6.45, 7) is 0. The number of para-hydroxylation sites is 1. The van der Waals surface area contributed by atoms with Gasteiger partial charge >= 0.3 is 5.97 Å². The average molecular weight is 384 g/mol. The number of carbonyl (C=O) groups is 2. The van der Waals surface area contributed by atoms with Gasteiger partial charge in [0.1, 0.15) is 17.8 Å². The first-order valence-corrected chi connectivity index (χ1v) is 8.00. The highest BCUT2D eigenvalue weighted by Gasteiger charge is 2.14. The molecule has 7 nitrogen and oxygen atoms in total. The fourth-order valence-electron chi connectivity index (χ4n) is 2.34. The smallest absolute Gasteiger partial charge is 0.339 e. The Kier molecular flexibility index (Phi) is 5.54. The molecule has 9 heteroatoms. The second-order valence-electron chi connectivity index (χ2n) is 5.53. The highest BCUT2D eigenvalue weighted by Crippen LogP contribution is 2.21. The van der Waals surface area contributed by atoms with E-state index in [1.807, 2.05) is 0 Å². The van der Waals surface area contributed by atoms with Crippen molar-refractivity contribution in [1.29, 1.82) is 0 Å². The highest BCUT2D eigenvalue weighted by atomic mass is 19.2. The quantitative estimate of drug-likeness (QED) is 0.654. The molecular formula is C19H14F2N4O3. The largest absolute Gasteiger partial charge is 0.465 e. The number of amides is 1. The van der Waals surface area contributed by atoms with Crippen molar-refractivity contribution < 1.29 is 23.1 Å². The summed E-state index contributed by atoms with van der Waals surface area (Å²) in [5.74, 6) is -3.02. The maximum atomic E-state index is 13.3. The third-order valence-electron chi connectivity index (χ3n) is 3.67. The predicted octanol–water partition coefficient (Wildman–Crippen LogP) is 3.54. The molecule has 0 saturated carbocycles. The molecule has 0 fully saturated rings. The molecule has 3 aromatic rings. The lowest BCUT2D eigenvalue weighted by Gasteiger charge is -2.10. The number of ether oxygens (including phenoxy) is 1. The van der Waals surface area contributed by atoms with E-state index in [2.05, 4.69) is 20.6 Å². The van der Waals surface area contributed by atoms with Gasteiger partial charge in [-0.25, -0.2) is 23.5 Å². The van der Waals surface area contributed by atoms with Crippen molar-refractivity contribution in [2.45, 2.75) is 0 Å². The first kappa shape index (κ1) is 18.9. The molecule has 28 heavy (non-hydrogen) atoms. The van der Waals surface area contributed by atoms with E-state index in [1.54, 1.807) is 24.3 Å². The van der Waals surface area contributed by atoms with Crippen molar-refractivity contribution >= 4 is 29.1 Å². The molecule has 0 spiro atoms. The number of esters is 1. The van der Waals surface area contributed by atoms with Gasteiger partial charge in [-0.1, -0.05) is 12.1 Å². The van der Waals surface area contributed by atoms with Crippen molar-refractivity contribution in [2.24, 2.45) is 0 Å². The SMILES string of the molecule is COC(=O)c1ccccc1Nc1cc(C(=O)Nc2ccc(F)c(F)c2)ncn1. The van der Waals surface area contributed by atoms with Crippen LogP contribution in [0.15, 0.2) is 54.9 Å². The van der Waals surface area contributed by atoms with Crippen LogP contribution >= 0.6 is 0 Å². The molecule has 1 heterocycles. The summed E-state index contributed by atoms with van der Waals surface area (Å²) in [5.41, 5.74) is 0.780. The van der Waals surface area contributed by atoms with Gasteiger partial charge in [0.2, 0.25) is 0 Å². The summed E-state index contributed by atoms with van der Waals surface area (Å²) in [5, 5.41) is 5.34. The third-order valence-corrected chi connectivity index (χ3v) is 3.67. The van der Waals surface area contributed by atoms with Gasteiger partial charge in [-0.2, -0.15) is 0 Å². The normalized spacial score (nSPS) is 10.2. The van der Waals surface area contributed by atoms with E-state index in [1.165, 1.54) is 19.2 Å². The van der Waals surface area contributed by atoms with Crippen LogP contribution in [0.5, 0.6) is 0 Å². The Bertz CT molecular complexity index is 1040. The Balaban J connectivity index is 1.80. The van der Waals surface area contributed by atoms with E-state index in [0.29, 0.717) is 5.69 Å². The standard InChI is InChI=1S/C19H14F2N4O3/c1-28-19(27)12-4-2-3-5-15(12)25-17-9-16(22-10-23-17)18(26)24-11-6-7-13(20)14(21)8-11/h2-10H,1H3,(H,24,26)(H,22,23,25). The summed E-state index contributed by atoms with van der Waals surface area (Å²) in [6, 6.07) is 11.0. The molecule has 0 bridgehead atoms. The van der Waals surface area contributed by atoms with Crippen molar-refractivity contribution in [3.8, 4) is 0 Å². The molecule has 0 saturated heterocycles. The molecule has 0 radical (unpaired) electrons. The van der Waals surface area contributed by atoms with Gasteiger partial charge in [-0.05, 0) is 24.3 Å². The Morgan fingerprint density at radius 1 is 1.00 bits per heavy atom. The minimum atomic E-state index is -1.08. The van der Waals surface area contributed by atoms with E-state index in [0.717, 1.165) is 18.5 Å². The number of benzene rings is 2. The van der Waals surface area contributed by atoms with Crippen LogP contribution in [-0.2, 0) is 4.74 Å². The van der Waals surface area contributed by atoms with Crippen LogP contribution in [0.1, 0.15) is 20.8 Å². The van der Waals surface area contributed by atoms with Crippen LogP contribution in [0.2, 0.25) is 0 Å². The van der Waals surface area contributed by atoms with E-state index >= 15 is 0 Å². The topological polar surface area (TPSA) is 93.2 Å². The summed E-state index contributed by atoms with van der Waals surface area (Å²) < 4.78 is 31.0. The zero-order chi connectivity index (χ0) is 20.1. The van der Waals surface area contributed by atoms with Gasteiger partial charge in [-0.15, -0.1) is 0 Å². The number of rotatable bonds is 5. The number of halogens is 2. The summed E-state index contributed by atoms with van der Waals surface area (Å²) in [4.78, 5) is 32.0. The number of hydrogen-bond acceptors (Lipinski definition) is 6. The monoisotopic (exact) mass is 384 g/mol. The van der Waals surface area contributed by atoms with E-state index in [4.69, 9.17) is 4.74 Å². The Labute approximate surface area is 158 Å². The van der Waals surface area contributed by atoms with Crippen molar-refractivity contribution in [1.82, 2.24) is 9.97 Å². The number of methoxy groups -OCH3 is 1. The van der Waals surface area contributed by atoms with Crippen LogP contribution in [0.25, 0.3) is 0 Å². The van der Waals surface area contributed by atoms with E-state index < -0.39 is 23.5 Å². The Hall–Kier alpha value is -3.88. The zero-order valence-electron chi connectivity index (χ0n) is 14.6.